The lowest BCUT2D eigenvalue weighted by molar-refractivity contribution is 0.414. The molecule has 0 spiro atoms. The molecule has 3 rings (SSSR count). The lowest BCUT2D eigenvalue weighted by atomic mass is 10.2. The minimum atomic E-state index is 0.868. The summed E-state index contributed by atoms with van der Waals surface area (Å²) in [4.78, 5) is 4.57. The highest BCUT2D eigenvalue weighted by Crippen LogP contribution is 2.30. The van der Waals surface area contributed by atoms with E-state index in [1.165, 1.54) is 4.70 Å². The van der Waals surface area contributed by atoms with E-state index in [1.807, 2.05) is 36.4 Å². The number of methoxy groups -OCH3 is 1. The number of rotatable bonds is 3. The molecule has 0 atom stereocenters. The molecule has 4 heteroatoms. The molecular formula is C15H14N2OS. The molecule has 1 heterocycles. The summed E-state index contributed by atoms with van der Waals surface area (Å²) in [5.74, 6) is 0.868. The Labute approximate surface area is 115 Å². The van der Waals surface area contributed by atoms with E-state index in [0.29, 0.717) is 0 Å². The van der Waals surface area contributed by atoms with E-state index >= 15 is 0 Å². The number of nitrogens with one attached hydrogen (secondary N) is 1. The van der Waals surface area contributed by atoms with E-state index in [-0.39, 0.29) is 0 Å². The van der Waals surface area contributed by atoms with Crippen molar-refractivity contribution in [2.75, 3.05) is 12.4 Å². The van der Waals surface area contributed by atoms with Gasteiger partial charge in [0.15, 0.2) is 5.13 Å². The van der Waals surface area contributed by atoms with Gasteiger partial charge < -0.3 is 10.1 Å². The summed E-state index contributed by atoms with van der Waals surface area (Å²) in [6.07, 6.45) is 0. The van der Waals surface area contributed by atoms with Crippen molar-refractivity contribution in [2.24, 2.45) is 0 Å². The maximum Gasteiger partial charge on any atom is 0.188 e. The quantitative estimate of drug-likeness (QED) is 0.768. The van der Waals surface area contributed by atoms with Gasteiger partial charge in [-0.25, -0.2) is 4.98 Å². The molecule has 1 aromatic heterocycles. The SMILES string of the molecule is COc1ccc(Nc2nc3ccccc3s2)c(C)c1. The Morgan fingerprint density at radius 3 is 2.74 bits per heavy atom. The van der Waals surface area contributed by atoms with E-state index in [9.17, 15) is 0 Å². The van der Waals surface area contributed by atoms with Crippen LogP contribution in [0, 0.1) is 6.92 Å². The summed E-state index contributed by atoms with van der Waals surface area (Å²) >= 11 is 1.66. The Morgan fingerprint density at radius 1 is 1.16 bits per heavy atom. The Kier molecular flexibility index (Phi) is 3.09. The van der Waals surface area contributed by atoms with Crippen LogP contribution < -0.4 is 10.1 Å². The molecule has 1 N–H and O–H groups in total. The third-order valence-electron chi connectivity index (χ3n) is 2.97. The highest BCUT2D eigenvalue weighted by atomic mass is 32.1. The second-order valence-electron chi connectivity index (χ2n) is 4.29. The van der Waals surface area contributed by atoms with Crippen LogP contribution in [0.3, 0.4) is 0 Å². The molecule has 3 aromatic rings. The summed E-state index contributed by atoms with van der Waals surface area (Å²) in [6.45, 7) is 2.05. The Morgan fingerprint density at radius 2 is 2.00 bits per heavy atom. The van der Waals surface area contributed by atoms with Crippen molar-refractivity contribution in [2.45, 2.75) is 6.92 Å². The maximum absolute atomic E-state index is 5.21. The third kappa shape index (κ3) is 2.39. The van der Waals surface area contributed by atoms with E-state index in [1.54, 1.807) is 18.4 Å². The van der Waals surface area contributed by atoms with Gasteiger partial charge in [0.1, 0.15) is 5.75 Å². The molecule has 0 aliphatic carbocycles. The number of nitrogens with zero attached hydrogens (tertiary/aromatic N) is 1. The molecule has 0 unspecified atom stereocenters. The van der Waals surface area contributed by atoms with Gasteiger partial charge in [-0.3, -0.25) is 0 Å². The first-order valence-electron chi connectivity index (χ1n) is 6.03. The molecule has 0 amide bonds. The van der Waals surface area contributed by atoms with Crippen LogP contribution in [0.15, 0.2) is 42.5 Å². The van der Waals surface area contributed by atoms with Crippen LogP contribution in [0.2, 0.25) is 0 Å². The number of para-hydroxylation sites is 1. The zero-order chi connectivity index (χ0) is 13.2. The number of anilines is 2. The van der Waals surface area contributed by atoms with Crippen molar-refractivity contribution < 1.29 is 4.74 Å². The lowest BCUT2D eigenvalue weighted by Crippen LogP contribution is -1.93. The average molecular weight is 270 g/mol. The summed E-state index contributed by atoms with van der Waals surface area (Å²) in [5.41, 5.74) is 3.22. The van der Waals surface area contributed by atoms with Crippen molar-refractivity contribution in [3.8, 4) is 5.75 Å². The highest BCUT2D eigenvalue weighted by Gasteiger charge is 2.05. The van der Waals surface area contributed by atoms with Crippen LogP contribution in [0.5, 0.6) is 5.75 Å². The number of benzene rings is 2. The number of aromatic nitrogens is 1. The van der Waals surface area contributed by atoms with E-state index in [0.717, 1.165) is 27.6 Å². The van der Waals surface area contributed by atoms with E-state index in [2.05, 4.69) is 23.3 Å². The van der Waals surface area contributed by atoms with Crippen molar-refractivity contribution in [3.63, 3.8) is 0 Å². The number of hydrogen-bond acceptors (Lipinski definition) is 4. The molecule has 0 fully saturated rings. The monoisotopic (exact) mass is 270 g/mol. The van der Waals surface area contributed by atoms with Crippen LogP contribution >= 0.6 is 11.3 Å². The van der Waals surface area contributed by atoms with E-state index < -0.39 is 0 Å². The largest absolute Gasteiger partial charge is 0.497 e. The fourth-order valence-electron chi connectivity index (χ4n) is 1.94. The Balaban J connectivity index is 1.92. The van der Waals surface area contributed by atoms with Crippen LogP contribution in [0.1, 0.15) is 5.56 Å². The summed E-state index contributed by atoms with van der Waals surface area (Å²) in [6, 6.07) is 14.1. The van der Waals surface area contributed by atoms with Gasteiger partial charge in [-0.2, -0.15) is 0 Å². The molecule has 0 aliphatic rings. The average Bonchev–Trinajstić information content (AvgIpc) is 2.83. The highest BCUT2D eigenvalue weighted by molar-refractivity contribution is 7.22. The zero-order valence-electron chi connectivity index (χ0n) is 10.8. The standard InChI is InChI=1S/C15H14N2OS/c1-10-9-11(18-2)7-8-12(10)16-15-17-13-5-3-4-6-14(13)19-15/h3-9H,1-2H3,(H,16,17). The predicted molar refractivity (Wildman–Crippen MR) is 80.6 cm³/mol. The Bertz CT molecular complexity index is 688. The third-order valence-corrected chi connectivity index (χ3v) is 3.92. The molecule has 0 saturated heterocycles. The predicted octanol–water partition coefficient (Wildman–Crippen LogP) is 4.36. The molecule has 0 bridgehead atoms. The minimum Gasteiger partial charge on any atom is -0.497 e. The summed E-state index contributed by atoms with van der Waals surface area (Å²) < 4.78 is 6.40. The first kappa shape index (κ1) is 12.0. The molecule has 0 radical (unpaired) electrons. The molecule has 2 aromatic carbocycles. The van der Waals surface area contributed by atoms with Crippen molar-refractivity contribution >= 4 is 32.4 Å². The second kappa shape index (κ2) is 4.90. The number of thiazole rings is 1. The number of hydrogen-bond donors (Lipinski definition) is 1. The first-order chi connectivity index (χ1) is 9.26. The fourth-order valence-corrected chi connectivity index (χ4v) is 2.82. The molecule has 0 aliphatic heterocycles. The van der Waals surface area contributed by atoms with Gasteiger partial charge in [0.2, 0.25) is 0 Å². The van der Waals surface area contributed by atoms with Gasteiger partial charge in [0, 0.05) is 5.69 Å². The Hall–Kier alpha value is -2.07. The summed E-state index contributed by atoms with van der Waals surface area (Å²) in [5, 5.41) is 4.28. The summed E-state index contributed by atoms with van der Waals surface area (Å²) in [7, 11) is 1.68. The number of ether oxygens (including phenoxy) is 1. The topological polar surface area (TPSA) is 34.1 Å². The van der Waals surface area contributed by atoms with Gasteiger partial charge in [-0.15, -0.1) is 0 Å². The van der Waals surface area contributed by atoms with Gasteiger partial charge in [0.25, 0.3) is 0 Å². The van der Waals surface area contributed by atoms with E-state index in [4.69, 9.17) is 4.74 Å². The van der Waals surface area contributed by atoms with Crippen molar-refractivity contribution in [1.82, 2.24) is 4.98 Å². The fraction of sp³-hybridized carbons (Fsp3) is 0.133. The van der Waals surface area contributed by atoms with Crippen LogP contribution in [-0.4, -0.2) is 12.1 Å². The second-order valence-corrected chi connectivity index (χ2v) is 5.32. The molecule has 0 saturated carbocycles. The molecule has 96 valence electrons. The first-order valence-corrected chi connectivity index (χ1v) is 6.85. The van der Waals surface area contributed by atoms with Gasteiger partial charge >= 0.3 is 0 Å². The van der Waals surface area contributed by atoms with Gasteiger partial charge in [0.05, 0.1) is 17.3 Å². The normalized spacial score (nSPS) is 10.6. The maximum atomic E-state index is 5.21. The van der Waals surface area contributed by atoms with Gasteiger partial charge in [-0.05, 0) is 42.8 Å². The van der Waals surface area contributed by atoms with Crippen molar-refractivity contribution in [1.29, 1.82) is 0 Å². The number of aryl methyl sites for hydroxylation is 1. The number of fused-ring (bicyclic) bond motifs is 1. The smallest absolute Gasteiger partial charge is 0.188 e. The van der Waals surface area contributed by atoms with Crippen LogP contribution in [0.4, 0.5) is 10.8 Å². The molecular weight excluding hydrogens is 256 g/mol. The van der Waals surface area contributed by atoms with Gasteiger partial charge in [-0.1, -0.05) is 23.5 Å². The lowest BCUT2D eigenvalue weighted by Gasteiger charge is -2.08. The van der Waals surface area contributed by atoms with Crippen LogP contribution in [0.25, 0.3) is 10.2 Å². The molecule has 19 heavy (non-hydrogen) atoms. The molecule has 3 nitrogen and oxygen atoms in total. The zero-order valence-corrected chi connectivity index (χ0v) is 11.6. The van der Waals surface area contributed by atoms with Crippen LogP contribution in [-0.2, 0) is 0 Å². The van der Waals surface area contributed by atoms with Crippen molar-refractivity contribution in [3.05, 3.63) is 48.0 Å². The minimum absolute atomic E-state index is 0.868.